The highest BCUT2D eigenvalue weighted by molar-refractivity contribution is 6.62. The van der Waals surface area contributed by atoms with Crippen LogP contribution in [0, 0.1) is 0 Å². The minimum atomic E-state index is -0.476. The van der Waals surface area contributed by atoms with Crippen molar-refractivity contribution < 1.29 is 9.59 Å². The second kappa shape index (κ2) is 4.75. The minimum absolute atomic E-state index is 0.0540. The molecule has 0 spiro atoms. The second-order valence-corrected chi connectivity index (χ2v) is 4.47. The van der Waals surface area contributed by atoms with Crippen LogP contribution >= 0.6 is 11.6 Å². The van der Waals surface area contributed by atoms with Crippen molar-refractivity contribution in [1.82, 2.24) is 4.90 Å². The van der Waals surface area contributed by atoms with Crippen molar-refractivity contribution in [2.24, 2.45) is 0 Å². The fraction of sp³-hybridized carbons (Fsp3) is 0.333. The molecule has 0 atom stereocenters. The number of carbonyl (C=O) groups excluding carboxylic acids is 2. The molecular weight excluding hydrogens is 240 g/mol. The monoisotopic (exact) mass is 252 g/mol. The SMILES string of the molecule is CN(Cc1ccc2c(c1)CCC(=O)N2)C(=O)Cl. The zero-order chi connectivity index (χ0) is 12.4. The maximum absolute atomic E-state index is 11.2. The Morgan fingerprint density at radius 3 is 2.94 bits per heavy atom. The van der Waals surface area contributed by atoms with Crippen LogP contribution in [0.25, 0.3) is 0 Å². The normalized spacial score (nSPS) is 13.9. The quantitative estimate of drug-likeness (QED) is 0.649. The number of fused-ring (bicyclic) bond motifs is 1. The Balaban J connectivity index is 2.16. The van der Waals surface area contributed by atoms with Gasteiger partial charge in [0.2, 0.25) is 5.91 Å². The zero-order valence-electron chi connectivity index (χ0n) is 9.50. The molecule has 5 heteroatoms. The van der Waals surface area contributed by atoms with Crippen LogP contribution in [-0.4, -0.2) is 23.2 Å². The summed E-state index contributed by atoms with van der Waals surface area (Å²) in [5.74, 6) is 0.0540. The summed E-state index contributed by atoms with van der Waals surface area (Å²) in [5, 5.41) is 2.34. The maximum atomic E-state index is 11.2. The van der Waals surface area contributed by atoms with Gasteiger partial charge in [-0.05, 0) is 35.2 Å². The van der Waals surface area contributed by atoms with E-state index in [1.54, 1.807) is 7.05 Å². The molecule has 1 aliphatic heterocycles. The van der Waals surface area contributed by atoms with E-state index in [1.807, 2.05) is 18.2 Å². The summed E-state index contributed by atoms with van der Waals surface area (Å²) < 4.78 is 0. The topological polar surface area (TPSA) is 49.4 Å². The summed E-state index contributed by atoms with van der Waals surface area (Å²) in [4.78, 5) is 23.5. The standard InChI is InChI=1S/C12H13ClN2O2/c1-15(12(13)17)7-8-2-4-10-9(6-8)3-5-11(16)14-10/h2,4,6H,3,5,7H2,1H3,(H,14,16). The van der Waals surface area contributed by atoms with Crippen molar-refractivity contribution in [3.05, 3.63) is 29.3 Å². The molecule has 1 N–H and O–H groups in total. The molecule has 0 saturated heterocycles. The van der Waals surface area contributed by atoms with E-state index in [4.69, 9.17) is 11.6 Å². The number of benzene rings is 1. The first-order valence-electron chi connectivity index (χ1n) is 5.38. The number of rotatable bonds is 2. The van der Waals surface area contributed by atoms with Crippen molar-refractivity contribution in [3.63, 3.8) is 0 Å². The Kier molecular flexibility index (Phi) is 3.33. The van der Waals surface area contributed by atoms with Gasteiger partial charge in [-0.15, -0.1) is 0 Å². The summed E-state index contributed by atoms with van der Waals surface area (Å²) in [6.07, 6.45) is 1.26. The number of anilines is 1. The predicted molar refractivity (Wildman–Crippen MR) is 66.1 cm³/mol. The highest BCUT2D eigenvalue weighted by atomic mass is 35.5. The molecule has 0 aliphatic carbocycles. The molecule has 1 aromatic carbocycles. The van der Waals surface area contributed by atoms with Gasteiger partial charge >= 0.3 is 5.37 Å². The van der Waals surface area contributed by atoms with Gasteiger partial charge in [0.15, 0.2) is 0 Å². The first-order valence-corrected chi connectivity index (χ1v) is 5.76. The van der Waals surface area contributed by atoms with E-state index in [2.05, 4.69) is 5.32 Å². The second-order valence-electron chi connectivity index (χ2n) is 4.15. The van der Waals surface area contributed by atoms with E-state index in [0.717, 1.165) is 23.2 Å². The third kappa shape index (κ3) is 2.77. The molecule has 2 amide bonds. The van der Waals surface area contributed by atoms with Gasteiger partial charge in [-0.2, -0.15) is 0 Å². The maximum Gasteiger partial charge on any atom is 0.316 e. The van der Waals surface area contributed by atoms with Gasteiger partial charge < -0.3 is 10.2 Å². The van der Waals surface area contributed by atoms with Crippen LogP contribution in [0.3, 0.4) is 0 Å². The van der Waals surface area contributed by atoms with Gasteiger partial charge in [-0.3, -0.25) is 9.59 Å². The Morgan fingerprint density at radius 2 is 2.24 bits per heavy atom. The van der Waals surface area contributed by atoms with Crippen molar-refractivity contribution in [1.29, 1.82) is 0 Å². The third-order valence-electron chi connectivity index (χ3n) is 2.79. The fourth-order valence-electron chi connectivity index (χ4n) is 1.87. The van der Waals surface area contributed by atoms with E-state index >= 15 is 0 Å². The van der Waals surface area contributed by atoms with E-state index in [9.17, 15) is 9.59 Å². The molecule has 1 heterocycles. The number of aryl methyl sites for hydroxylation is 1. The van der Waals surface area contributed by atoms with Crippen LogP contribution in [0.5, 0.6) is 0 Å². The van der Waals surface area contributed by atoms with Gasteiger partial charge in [0, 0.05) is 25.7 Å². The van der Waals surface area contributed by atoms with Gasteiger partial charge in [0.1, 0.15) is 0 Å². The molecule has 2 rings (SSSR count). The Bertz CT molecular complexity index is 474. The van der Waals surface area contributed by atoms with Crippen LogP contribution in [0.2, 0.25) is 0 Å². The molecule has 0 aromatic heterocycles. The molecule has 1 aliphatic rings. The molecule has 0 bridgehead atoms. The van der Waals surface area contributed by atoms with Gasteiger partial charge in [-0.25, -0.2) is 0 Å². The number of hydrogen-bond donors (Lipinski definition) is 1. The summed E-state index contributed by atoms with van der Waals surface area (Å²) in [6.45, 7) is 0.476. The minimum Gasteiger partial charge on any atom is -0.328 e. The molecule has 0 saturated carbocycles. The first kappa shape index (κ1) is 11.9. The lowest BCUT2D eigenvalue weighted by atomic mass is 10.0. The summed E-state index contributed by atoms with van der Waals surface area (Å²) >= 11 is 5.37. The molecule has 1 aromatic rings. The summed E-state index contributed by atoms with van der Waals surface area (Å²) in [5.41, 5.74) is 2.98. The highest BCUT2D eigenvalue weighted by Gasteiger charge is 2.15. The van der Waals surface area contributed by atoms with E-state index in [0.29, 0.717) is 13.0 Å². The van der Waals surface area contributed by atoms with E-state index in [1.165, 1.54) is 4.90 Å². The number of hydrogen-bond acceptors (Lipinski definition) is 2. The number of nitrogens with zero attached hydrogens (tertiary/aromatic N) is 1. The van der Waals surface area contributed by atoms with E-state index in [-0.39, 0.29) is 5.91 Å². The first-order chi connectivity index (χ1) is 8.06. The van der Waals surface area contributed by atoms with Crippen LogP contribution in [0.4, 0.5) is 10.5 Å². The molecule has 0 unspecified atom stereocenters. The lowest BCUT2D eigenvalue weighted by Crippen LogP contribution is -2.21. The molecule has 90 valence electrons. The zero-order valence-corrected chi connectivity index (χ0v) is 10.3. The molecule has 17 heavy (non-hydrogen) atoms. The largest absolute Gasteiger partial charge is 0.328 e. The van der Waals surface area contributed by atoms with Crippen molar-refractivity contribution >= 4 is 28.6 Å². The molecule has 0 fully saturated rings. The molecular formula is C12H13ClN2O2. The Hall–Kier alpha value is -1.55. The summed E-state index contributed by atoms with van der Waals surface area (Å²) in [6, 6.07) is 5.76. The van der Waals surface area contributed by atoms with Gasteiger partial charge in [0.05, 0.1) is 0 Å². The molecule has 4 nitrogen and oxygen atoms in total. The number of amides is 2. The summed E-state index contributed by atoms with van der Waals surface area (Å²) in [7, 11) is 1.65. The third-order valence-corrected chi connectivity index (χ3v) is 3.07. The smallest absolute Gasteiger partial charge is 0.316 e. The highest BCUT2D eigenvalue weighted by Crippen LogP contribution is 2.24. The molecule has 0 radical (unpaired) electrons. The lowest BCUT2D eigenvalue weighted by Gasteiger charge is -2.19. The van der Waals surface area contributed by atoms with Crippen molar-refractivity contribution in [3.8, 4) is 0 Å². The van der Waals surface area contributed by atoms with Crippen molar-refractivity contribution in [2.45, 2.75) is 19.4 Å². The fourth-order valence-corrected chi connectivity index (χ4v) is 1.93. The van der Waals surface area contributed by atoms with Crippen molar-refractivity contribution in [2.75, 3.05) is 12.4 Å². The number of nitrogens with one attached hydrogen (secondary N) is 1. The van der Waals surface area contributed by atoms with Gasteiger partial charge in [0.25, 0.3) is 0 Å². The average molecular weight is 253 g/mol. The van der Waals surface area contributed by atoms with Gasteiger partial charge in [-0.1, -0.05) is 12.1 Å². The van der Waals surface area contributed by atoms with Crippen LogP contribution in [0.1, 0.15) is 17.5 Å². The van der Waals surface area contributed by atoms with Crippen LogP contribution < -0.4 is 5.32 Å². The lowest BCUT2D eigenvalue weighted by molar-refractivity contribution is -0.116. The van der Waals surface area contributed by atoms with E-state index < -0.39 is 5.37 Å². The number of carbonyl (C=O) groups is 2. The van der Waals surface area contributed by atoms with Crippen LogP contribution in [0.15, 0.2) is 18.2 Å². The number of halogens is 1. The predicted octanol–water partition coefficient (Wildman–Crippen LogP) is 2.36. The van der Waals surface area contributed by atoms with Crippen LogP contribution in [-0.2, 0) is 17.8 Å². The Labute approximate surface area is 105 Å². The average Bonchev–Trinajstić information content (AvgIpc) is 2.29. The Morgan fingerprint density at radius 1 is 1.47 bits per heavy atom.